The van der Waals surface area contributed by atoms with Gasteiger partial charge in [-0.05, 0) is 34.7 Å². The van der Waals surface area contributed by atoms with E-state index in [1.165, 1.54) is 4.68 Å². The van der Waals surface area contributed by atoms with Crippen LogP contribution in [0.1, 0.15) is 5.69 Å². The van der Waals surface area contributed by atoms with Crippen molar-refractivity contribution >= 4 is 32.4 Å². The molecule has 1 aliphatic heterocycles. The maximum absolute atomic E-state index is 12.7. The van der Waals surface area contributed by atoms with Gasteiger partial charge >= 0.3 is 0 Å². The van der Waals surface area contributed by atoms with Gasteiger partial charge in [0.05, 0.1) is 18.0 Å². The van der Waals surface area contributed by atoms with Crippen LogP contribution >= 0.6 is 22.6 Å². The summed E-state index contributed by atoms with van der Waals surface area (Å²) >= 11 is 1.92. The smallest absolute Gasteiger partial charge is 0.187 e. The summed E-state index contributed by atoms with van der Waals surface area (Å²) in [5, 5.41) is 46.7. The molecule has 2 aromatic rings. The van der Waals surface area contributed by atoms with Crippen LogP contribution in [-0.4, -0.2) is 80.3 Å². The summed E-state index contributed by atoms with van der Waals surface area (Å²) in [5.41, 5.74) is -0.965. The highest BCUT2D eigenvalue weighted by Gasteiger charge is 2.49. The van der Waals surface area contributed by atoms with E-state index in [1.54, 1.807) is 24.3 Å². The van der Waals surface area contributed by atoms with Crippen molar-refractivity contribution in [3.8, 4) is 5.69 Å². The van der Waals surface area contributed by atoms with E-state index in [4.69, 9.17) is 4.74 Å². The van der Waals surface area contributed by atoms with Crippen LogP contribution in [0.3, 0.4) is 0 Å². The molecule has 12 heteroatoms. The van der Waals surface area contributed by atoms with Crippen molar-refractivity contribution in [1.82, 2.24) is 15.0 Å². The number of halogens is 1. The number of para-hydroxylation sites is 1. The lowest BCUT2D eigenvalue weighted by molar-refractivity contribution is -0.207. The topological polar surface area (TPSA) is 155 Å². The number of hydrogen-bond acceptors (Lipinski definition) is 9. The summed E-state index contributed by atoms with van der Waals surface area (Å²) < 4.78 is 32.6. The highest BCUT2D eigenvalue weighted by molar-refractivity contribution is 14.1. The second kappa shape index (κ2) is 8.06. The summed E-state index contributed by atoms with van der Waals surface area (Å²) in [5.74, 6) is -0.596. The maximum atomic E-state index is 12.7. The minimum Gasteiger partial charge on any atom is -0.394 e. The Hall–Kier alpha value is -1.16. The molecule has 10 nitrogen and oxygen atoms in total. The Bertz CT molecular complexity index is 890. The predicted octanol–water partition coefficient (Wildman–Crippen LogP) is -1.41. The van der Waals surface area contributed by atoms with E-state index in [0.717, 1.165) is 0 Å². The third-order valence-electron chi connectivity index (χ3n) is 4.22. The normalized spacial score (nSPS) is 29.0. The number of benzene rings is 1. The molecule has 3 rings (SSSR count). The number of aliphatic hydroxyl groups excluding tert-OH is 4. The molecule has 0 unspecified atom stereocenters. The molecular formula is C15H18IN3O7S. The van der Waals surface area contributed by atoms with E-state index < -0.39 is 52.0 Å². The van der Waals surface area contributed by atoms with Gasteiger partial charge in [-0.1, -0.05) is 23.4 Å². The first-order valence-electron chi connectivity index (χ1n) is 7.94. The number of aliphatic hydroxyl groups is 4. The van der Waals surface area contributed by atoms with Gasteiger partial charge in [0.1, 0.15) is 33.8 Å². The summed E-state index contributed by atoms with van der Waals surface area (Å²) in [6, 6.07) is 9.01. The Kier molecular flexibility index (Phi) is 6.14. The van der Waals surface area contributed by atoms with E-state index in [0.29, 0.717) is 9.39 Å². The molecule has 0 radical (unpaired) electrons. The van der Waals surface area contributed by atoms with Crippen molar-refractivity contribution in [2.45, 2.75) is 35.6 Å². The molecule has 1 aromatic carbocycles. The standard InChI is InChI=1S/C15H18IN3O7S/c16-14-9(17-18-19(14)8-4-2-1-3-5-8)7-27(24,25)15-13(23)12(22)11(21)10(6-20)26-15/h1-5,10-13,15,20-23H,6-7H2/t10-,11-,12+,13-,15+/m1/s1. The van der Waals surface area contributed by atoms with Crippen LogP contribution in [0.25, 0.3) is 5.69 Å². The van der Waals surface area contributed by atoms with E-state index in [2.05, 4.69) is 10.3 Å². The quantitative estimate of drug-likeness (QED) is 0.355. The Labute approximate surface area is 168 Å². The SMILES string of the molecule is O=S(=O)(Cc1nnn(-c2ccccc2)c1I)[C@@H]1O[C@H](CO)[C@@H](O)[C@H](O)[C@H]1O. The third-order valence-corrected chi connectivity index (χ3v) is 7.07. The Morgan fingerprint density at radius 3 is 2.41 bits per heavy atom. The summed E-state index contributed by atoms with van der Waals surface area (Å²) in [6.45, 7) is -0.710. The minimum absolute atomic E-state index is 0.149. The number of ether oxygens (including phenoxy) is 1. The molecule has 148 valence electrons. The van der Waals surface area contributed by atoms with E-state index >= 15 is 0 Å². The number of nitrogens with zero attached hydrogens (tertiary/aromatic N) is 3. The van der Waals surface area contributed by atoms with Gasteiger partial charge in [-0.25, -0.2) is 13.1 Å². The van der Waals surface area contributed by atoms with Gasteiger partial charge < -0.3 is 25.2 Å². The van der Waals surface area contributed by atoms with Crippen LogP contribution in [0.2, 0.25) is 0 Å². The Morgan fingerprint density at radius 1 is 1.11 bits per heavy atom. The summed E-state index contributed by atoms with van der Waals surface area (Å²) in [4.78, 5) is 0. The van der Waals surface area contributed by atoms with Gasteiger partial charge in [0, 0.05) is 0 Å². The molecule has 1 fully saturated rings. The average molecular weight is 511 g/mol. The molecule has 0 saturated carbocycles. The van der Waals surface area contributed by atoms with Crippen LogP contribution in [0.4, 0.5) is 0 Å². The summed E-state index contributed by atoms with van der Waals surface area (Å²) in [7, 11) is -4.15. The second-order valence-electron chi connectivity index (χ2n) is 6.08. The van der Waals surface area contributed by atoms with Gasteiger partial charge in [-0.15, -0.1) is 5.10 Å². The van der Waals surface area contributed by atoms with Crippen molar-refractivity contribution < 1.29 is 33.6 Å². The fraction of sp³-hybridized carbons (Fsp3) is 0.467. The fourth-order valence-electron chi connectivity index (χ4n) is 2.76. The number of rotatable bonds is 5. The van der Waals surface area contributed by atoms with E-state index in [9.17, 15) is 28.8 Å². The van der Waals surface area contributed by atoms with Crippen LogP contribution in [0.5, 0.6) is 0 Å². The lowest BCUT2D eigenvalue weighted by atomic mass is 10.0. The molecular weight excluding hydrogens is 493 g/mol. The van der Waals surface area contributed by atoms with Gasteiger partial charge in [-0.3, -0.25) is 0 Å². The molecule has 1 aromatic heterocycles. The minimum atomic E-state index is -4.15. The zero-order valence-electron chi connectivity index (χ0n) is 13.8. The molecule has 1 aliphatic rings. The lowest BCUT2D eigenvalue weighted by Crippen LogP contribution is -2.60. The van der Waals surface area contributed by atoms with Crippen LogP contribution in [0.15, 0.2) is 30.3 Å². The molecule has 5 atom stereocenters. The molecule has 0 aliphatic carbocycles. The van der Waals surface area contributed by atoms with Crippen LogP contribution < -0.4 is 0 Å². The van der Waals surface area contributed by atoms with Crippen molar-refractivity contribution in [3.63, 3.8) is 0 Å². The monoisotopic (exact) mass is 511 g/mol. The average Bonchev–Trinajstić information content (AvgIpc) is 3.00. The van der Waals surface area contributed by atoms with Crippen molar-refractivity contribution in [1.29, 1.82) is 0 Å². The van der Waals surface area contributed by atoms with E-state index in [-0.39, 0.29) is 5.69 Å². The molecule has 27 heavy (non-hydrogen) atoms. The zero-order chi connectivity index (χ0) is 19.8. The van der Waals surface area contributed by atoms with Gasteiger partial charge in [0.15, 0.2) is 15.3 Å². The molecule has 2 heterocycles. The maximum Gasteiger partial charge on any atom is 0.187 e. The summed E-state index contributed by atoms with van der Waals surface area (Å²) in [6.07, 6.45) is -6.57. The Balaban J connectivity index is 1.86. The molecule has 0 bridgehead atoms. The first-order chi connectivity index (χ1) is 12.8. The van der Waals surface area contributed by atoms with Crippen molar-refractivity contribution in [2.24, 2.45) is 0 Å². The molecule has 4 N–H and O–H groups in total. The van der Waals surface area contributed by atoms with Crippen LogP contribution in [-0.2, 0) is 20.3 Å². The lowest BCUT2D eigenvalue weighted by Gasteiger charge is -2.39. The van der Waals surface area contributed by atoms with Gasteiger partial charge in [0.25, 0.3) is 0 Å². The highest BCUT2D eigenvalue weighted by Crippen LogP contribution is 2.27. The predicted molar refractivity (Wildman–Crippen MR) is 100 cm³/mol. The number of sulfone groups is 1. The van der Waals surface area contributed by atoms with Crippen LogP contribution in [0, 0.1) is 3.70 Å². The number of aromatic nitrogens is 3. The highest BCUT2D eigenvalue weighted by atomic mass is 127. The largest absolute Gasteiger partial charge is 0.394 e. The fourth-order valence-corrected chi connectivity index (χ4v) is 5.33. The van der Waals surface area contributed by atoms with E-state index in [1.807, 2.05) is 28.7 Å². The van der Waals surface area contributed by atoms with Gasteiger partial charge in [-0.2, -0.15) is 0 Å². The third kappa shape index (κ3) is 4.01. The second-order valence-corrected chi connectivity index (χ2v) is 9.18. The first kappa shape index (κ1) is 20.6. The van der Waals surface area contributed by atoms with Crippen molar-refractivity contribution in [2.75, 3.05) is 6.61 Å². The van der Waals surface area contributed by atoms with Gasteiger partial charge in [0.2, 0.25) is 0 Å². The molecule has 1 saturated heterocycles. The zero-order valence-corrected chi connectivity index (χ0v) is 16.8. The van der Waals surface area contributed by atoms with Crippen molar-refractivity contribution in [3.05, 3.63) is 39.7 Å². The Morgan fingerprint density at radius 2 is 1.78 bits per heavy atom. The molecule has 0 spiro atoms. The number of hydrogen-bond donors (Lipinski definition) is 4. The molecule has 0 amide bonds. The first-order valence-corrected chi connectivity index (χ1v) is 10.7.